The van der Waals surface area contributed by atoms with Gasteiger partial charge in [0.2, 0.25) is 10.0 Å². The van der Waals surface area contributed by atoms with Gasteiger partial charge in [-0.3, -0.25) is 9.69 Å². The molecule has 5 rings (SSSR count). The Morgan fingerprint density at radius 1 is 1.08 bits per heavy atom. The molecular formula is C28H37N5O4S2. The first kappa shape index (κ1) is 27.8. The normalized spacial score (nSPS) is 17.6. The van der Waals surface area contributed by atoms with Crippen LogP contribution in [0.2, 0.25) is 0 Å². The zero-order valence-electron chi connectivity index (χ0n) is 22.6. The van der Waals surface area contributed by atoms with Crippen molar-refractivity contribution >= 4 is 42.6 Å². The zero-order chi connectivity index (χ0) is 27.4. The molecule has 3 aromatic rings. The van der Waals surface area contributed by atoms with Gasteiger partial charge in [-0.2, -0.15) is 4.31 Å². The van der Waals surface area contributed by atoms with Crippen LogP contribution >= 0.6 is 11.3 Å². The number of anilines is 1. The molecule has 1 saturated heterocycles. The molecule has 9 nitrogen and oxygen atoms in total. The average molecular weight is 572 g/mol. The number of carbonyl (C=O) groups excluding carboxylic acids is 1. The minimum absolute atomic E-state index is 0.0540. The standard InChI is InChI=1S/C28H37N5O4S2/c1-31(22-7-4-3-5-8-22)39(35,36)23-13-11-21(12-14-23)27(34)29-15-16-32-17-19-33(20-18-32)28-30-26-24(37-2)9-6-10-25(26)38-28/h6,9-14,22H,3-5,7-8,15-20H2,1-2H3,(H,29,34). The molecule has 210 valence electrons. The molecule has 1 amide bonds. The summed E-state index contributed by atoms with van der Waals surface area (Å²) in [5.74, 6) is 0.606. The average Bonchev–Trinajstić information content (AvgIpc) is 3.42. The Kier molecular flexibility index (Phi) is 8.70. The van der Waals surface area contributed by atoms with Crippen LogP contribution in [0.5, 0.6) is 5.75 Å². The number of methoxy groups -OCH3 is 1. The van der Waals surface area contributed by atoms with E-state index in [0.717, 1.165) is 79.5 Å². The van der Waals surface area contributed by atoms with Crippen LogP contribution in [0.25, 0.3) is 10.2 Å². The predicted octanol–water partition coefficient (Wildman–Crippen LogP) is 3.81. The molecule has 0 spiro atoms. The van der Waals surface area contributed by atoms with Gasteiger partial charge in [0.05, 0.1) is 16.7 Å². The van der Waals surface area contributed by atoms with Crippen molar-refractivity contribution < 1.29 is 17.9 Å². The first-order chi connectivity index (χ1) is 18.9. The third-order valence-corrected chi connectivity index (χ3v) is 10.8. The maximum atomic E-state index is 13.1. The number of carbonyl (C=O) groups is 1. The Morgan fingerprint density at radius 3 is 2.49 bits per heavy atom. The summed E-state index contributed by atoms with van der Waals surface area (Å²) in [6.07, 6.45) is 5.12. The summed E-state index contributed by atoms with van der Waals surface area (Å²) in [4.78, 5) is 22.4. The SMILES string of the molecule is COc1cccc2sc(N3CCN(CCNC(=O)c4ccc(S(=O)(=O)N(C)C5CCCCC5)cc4)CC3)nc12. The molecule has 39 heavy (non-hydrogen) atoms. The fourth-order valence-electron chi connectivity index (χ4n) is 5.39. The molecule has 2 heterocycles. The van der Waals surface area contributed by atoms with Gasteiger partial charge in [0.15, 0.2) is 5.13 Å². The van der Waals surface area contributed by atoms with E-state index in [1.807, 2.05) is 12.1 Å². The number of aromatic nitrogens is 1. The number of benzene rings is 2. The number of nitrogens with zero attached hydrogens (tertiary/aromatic N) is 4. The highest BCUT2D eigenvalue weighted by molar-refractivity contribution is 7.89. The molecule has 1 aromatic heterocycles. The summed E-state index contributed by atoms with van der Waals surface area (Å²) in [6.45, 7) is 4.82. The second-order valence-electron chi connectivity index (χ2n) is 10.2. The van der Waals surface area contributed by atoms with Crippen molar-refractivity contribution in [1.29, 1.82) is 0 Å². The highest BCUT2D eigenvalue weighted by Gasteiger charge is 2.29. The Morgan fingerprint density at radius 2 is 1.79 bits per heavy atom. The molecule has 0 atom stereocenters. The van der Waals surface area contributed by atoms with Gasteiger partial charge < -0.3 is 15.0 Å². The molecular weight excluding hydrogens is 534 g/mol. The summed E-state index contributed by atoms with van der Waals surface area (Å²) in [6, 6.07) is 12.3. The highest BCUT2D eigenvalue weighted by Crippen LogP contribution is 2.34. The molecule has 0 radical (unpaired) electrons. The molecule has 1 aliphatic heterocycles. The molecule has 0 unspecified atom stereocenters. The van der Waals surface area contributed by atoms with E-state index in [4.69, 9.17) is 9.72 Å². The molecule has 1 aliphatic carbocycles. The number of para-hydroxylation sites is 1. The first-order valence-corrected chi connectivity index (χ1v) is 15.9. The van der Waals surface area contributed by atoms with Crippen molar-refractivity contribution in [2.75, 3.05) is 58.3 Å². The van der Waals surface area contributed by atoms with Crippen LogP contribution in [-0.2, 0) is 10.0 Å². The Labute approximate surface area is 234 Å². The number of rotatable bonds is 9. The summed E-state index contributed by atoms with van der Waals surface area (Å²) in [5, 5.41) is 3.99. The maximum Gasteiger partial charge on any atom is 0.251 e. The van der Waals surface area contributed by atoms with Crippen molar-refractivity contribution in [2.24, 2.45) is 0 Å². The second-order valence-corrected chi connectivity index (χ2v) is 13.2. The Bertz CT molecular complexity index is 1380. The molecule has 2 aliphatic rings. The van der Waals surface area contributed by atoms with Gasteiger partial charge in [-0.15, -0.1) is 0 Å². The van der Waals surface area contributed by atoms with E-state index in [0.29, 0.717) is 12.1 Å². The lowest BCUT2D eigenvalue weighted by Gasteiger charge is -2.34. The second kappa shape index (κ2) is 12.2. The minimum atomic E-state index is -3.57. The van der Waals surface area contributed by atoms with E-state index in [9.17, 15) is 13.2 Å². The fraction of sp³-hybridized carbons (Fsp3) is 0.500. The van der Waals surface area contributed by atoms with Crippen molar-refractivity contribution in [2.45, 2.75) is 43.0 Å². The van der Waals surface area contributed by atoms with E-state index in [-0.39, 0.29) is 16.8 Å². The molecule has 1 saturated carbocycles. The van der Waals surface area contributed by atoms with Crippen LogP contribution in [0.3, 0.4) is 0 Å². The lowest BCUT2D eigenvalue weighted by molar-refractivity contribution is 0.0947. The van der Waals surface area contributed by atoms with E-state index in [1.54, 1.807) is 49.8 Å². The van der Waals surface area contributed by atoms with Gasteiger partial charge in [-0.25, -0.2) is 13.4 Å². The monoisotopic (exact) mass is 571 g/mol. The fourth-order valence-corrected chi connectivity index (χ4v) is 7.84. The topological polar surface area (TPSA) is 95.1 Å². The van der Waals surface area contributed by atoms with Crippen LogP contribution < -0.4 is 15.0 Å². The van der Waals surface area contributed by atoms with Gasteiger partial charge >= 0.3 is 0 Å². The molecule has 11 heteroatoms. The smallest absolute Gasteiger partial charge is 0.251 e. The predicted molar refractivity (Wildman–Crippen MR) is 155 cm³/mol. The largest absolute Gasteiger partial charge is 0.494 e. The van der Waals surface area contributed by atoms with Gasteiger partial charge in [-0.05, 0) is 49.2 Å². The van der Waals surface area contributed by atoms with Crippen molar-refractivity contribution in [3.63, 3.8) is 0 Å². The number of nitrogens with one attached hydrogen (secondary N) is 1. The molecule has 2 aromatic carbocycles. The Hall–Kier alpha value is -2.73. The zero-order valence-corrected chi connectivity index (χ0v) is 24.3. The third kappa shape index (κ3) is 6.21. The van der Waals surface area contributed by atoms with Crippen LogP contribution in [-0.4, -0.2) is 88.0 Å². The summed E-state index contributed by atoms with van der Waals surface area (Å²) < 4.78 is 34.2. The van der Waals surface area contributed by atoms with Crippen molar-refractivity contribution in [3.05, 3.63) is 48.0 Å². The van der Waals surface area contributed by atoms with Crippen LogP contribution in [0.15, 0.2) is 47.4 Å². The number of sulfonamides is 1. The van der Waals surface area contributed by atoms with Crippen molar-refractivity contribution in [1.82, 2.24) is 19.5 Å². The van der Waals surface area contributed by atoms with E-state index in [1.165, 1.54) is 10.7 Å². The van der Waals surface area contributed by atoms with Gasteiger partial charge in [0, 0.05) is 57.9 Å². The van der Waals surface area contributed by atoms with Crippen molar-refractivity contribution in [3.8, 4) is 5.75 Å². The highest BCUT2D eigenvalue weighted by atomic mass is 32.2. The minimum Gasteiger partial charge on any atom is -0.494 e. The Balaban J connectivity index is 1.08. The van der Waals surface area contributed by atoms with Gasteiger partial charge in [-0.1, -0.05) is 36.7 Å². The number of hydrogen-bond donors (Lipinski definition) is 1. The number of hydrogen-bond acceptors (Lipinski definition) is 8. The lowest BCUT2D eigenvalue weighted by atomic mass is 9.96. The van der Waals surface area contributed by atoms with E-state index < -0.39 is 10.0 Å². The number of ether oxygens (including phenoxy) is 1. The van der Waals surface area contributed by atoms with Crippen LogP contribution in [0.1, 0.15) is 42.5 Å². The summed E-state index contributed by atoms with van der Waals surface area (Å²) in [7, 11) is -0.230. The third-order valence-electron chi connectivity index (χ3n) is 7.83. The summed E-state index contributed by atoms with van der Waals surface area (Å²) in [5.41, 5.74) is 1.37. The van der Waals surface area contributed by atoms with Gasteiger partial charge in [0.25, 0.3) is 5.91 Å². The number of amides is 1. The van der Waals surface area contributed by atoms with Crippen LogP contribution in [0.4, 0.5) is 5.13 Å². The molecule has 1 N–H and O–H groups in total. The number of piperazine rings is 1. The maximum absolute atomic E-state index is 13.1. The van der Waals surface area contributed by atoms with Crippen LogP contribution in [0, 0.1) is 0 Å². The number of fused-ring (bicyclic) bond motifs is 1. The lowest BCUT2D eigenvalue weighted by Crippen LogP contribution is -2.48. The van der Waals surface area contributed by atoms with E-state index >= 15 is 0 Å². The first-order valence-electron chi connectivity index (χ1n) is 13.6. The van der Waals surface area contributed by atoms with Gasteiger partial charge in [0.1, 0.15) is 11.3 Å². The van der Waals surface area contributed by atoms with E-state index in [2.05, 4.69) is 21.2 Å². The quantitative estimate of drug-likeness (QED) is 0.417. The summed E-state index contributed by atoms with van der Waals surface area (Å²) >= 11 is 1.68. The molecule has 0 bridgehead atoms. The molecule has 2 fully saturated rings. The number of thiazole rings is 1.